The average Bonchev–Trinajstić information content (AvgIpc) is 2.84. The maximum absolute atomic E-state index is 10.0. The molecule has 6 nitrogen and oxygen atoms in total. The highest BCUT2D eigenvalue weighted by Crippen LogP contribution is 2.30. The van der Waals surface area contributed by atoms with E-state index in [-0.39, 0.29) is 18.9 Å². The minimum atomic E-state index is 0. The molecule has 166 valence electrons. The standard InChI is InChI=1S/C26H22N4O2.CH4/c31-23-10-8-21(19-6-2-12-27-25(19)23)29-15-17-4-1-5-18(14-17)16-30-22-9-11-24(32)26-20(22)7-3-13-28-26;/h1-14,29-32H,15-16H2;1H4. The molecule has 0 unspecified atom stereocenters. The van der Waals surface area contributed by atoms with Crippen LogP contribution in [0.2, 0.25) is 0 Å². The number of hydrogen-bond acceptors (Lipinski definition) is 6. The van der Waals surface area contributed by atoms with E-state index in [0.717, 1.165) is 33.3 Å². The maximum Gasteiger partial charge on any atom is 0.141 e. The quantitative estimate of drug-likeness (QED) is 0.241. The van der Waals surface area contributed by atoms with Gasteiger partial charge in [0.25, 0.3) is 0 Å². The van der Waals surface area contributed by atoms with Gasteiger partial charge in [-0.15, -0.1) is 0 Å². The second-order valence-corrected chi connectivity index (χ2v) is 7.59. The van der Waals surface area contributed by atoms with E-state index in [4.69, 9.17) is 0 Å². The fourth-order valence-electron chi connectivity index (χ4n) is 3.87. The number of benzene rings is 3. The third kappa shape index (κ3) is 4.50. The van der Waals surface area contributed by atoms with E-state index in [0.29, 0.717) is 24.1 Å². The van der Waals surface area contributed by atoms with Gasteiger partial charge in [0.15, 0.2) is 0 Å². The number of hydrogen-bond donors (Lipinski definition) is 4. The van der Waals surface area contributed by atoms with Gasteiger partial charge in [-0.1, -0.05) is 31.7 Å². The molecule has 0 fully saturated rings. The molecule has 0 aliphatic heterocycles. The van der Waals surface area contributed by atoms with E-state index in [9.17, 15) is 10.2 Å². The Bertz CT molecular complexity index is 1310. The van der Waals surface area contributed by atoms with Crippen molar-refractivity contribution in [2.24, 2.45) is 0 Å². The molecule has 0 radical (unpaired) electrons. The highest BCUT2D eigenvalue weighted by atomic mass is 16.3. The first-order valence-corrected chi connectivity index (χ1v) is 10.4. The Hall–Kier alpha value is -4.32. The van der Waals surface area contributed by atoms with Gasteiger partial charge in [0, 0.05) is 47.6 Å². The molecule has 4 N–H and O–H groups in total. The Morgan fingerprint density at radius 1 is 0.606 bits per heavy atom. The zero-order chi connectivity index (χ0) is 21.9. The minimum Gasteiger partial charge on any atom is -0.506 e. The number of phenols is 2. The predicted octanol–water partition coefficient (Wildman–Crippen LogP) is 6.05. The SMILES string of the molecule is C.Oc1ccc(NCc2cccc(CNc3ccc(O)c4ncccc34)c2)c2cccnc12. The van der Waals surface area contributed by atoms with Crippen molar-refractivity contribution in [3.05, 3.63) is 96.3 Å². The molecule has 0 atom stereocenters. The summed E-state index contributed by atoms with van der Waals surface area (Å²) in [6, 6.07) is 23.0. The van der Waals surface area contributed by atoms with Crippen LogP contribution >= 0.6 is 0 Å². The topological polar surface area (TPSA) is 90.3 Å². The van der Waals surface area contributed by atoms with Crippen molar-refractivity contribution in [1.82, 2.24) is 9.97 Å². The van der Waals surface area contributed by atoms with Gasteiger partial charge < -0.3 is 20.8 Å². The Kier molecular flexibility index (Phi) is 6.26. The summed E-state index contributed by atoms with van der Waals surface area (Å²) in [7, 11) is 0. The largest absolute Gasteiger partial charge is 0.506 e. The normalized spacial score (nSPS) is 10.7. The molecule has 5 aromatic rings. The summed E-state index contributed by atoms with van der Waals surface area (Å²) >= 11 is 0. The van der Waals surface area contributed by atoms with Crippen molar-refractivity contribution >= 4 is 33.2 Å². The third-order valence-electron chi connectivity index (χ3n) is 5.45. The van der Waals surface area contributed by atoms with E-state index in [1.54, 1.807) is 24.5 Å². The summed E-state index contributed by atoms with van der Waals surface area (Å²) < 4.78 is 0. The van der Waals surface area contributed by atoms with Crippen molar-refractivity contribution in [3.63, 3.8) is 0 Å². The molecule has 2 aromatic heterocycles. The Morgan fingerprint density at radius 2 is 1.09 bits per heavy atom. The highest BCUT2D eigenvalue weighted by Gasteiger charge is 2.08. The number of aromatic nitrogens is 2. The van der Waals surface area contributed by atoms with Crippen LogP contribution in [0.3, 0.4) is 0 Å². The molecule has 0 bridgehead atoms. The number of pyridine rings is 2. The van der Waals surface area contributed by atoms with Gasteiger partial charge >= 0.3 is 0 Å². The molecule has 0 aliphatic carbocycles. The average molecular weight is 439 g/mol. The van der Waals surface area contributed by atoms with Crippen LogP contribution < -0.4 is 10.6 Å². The van der Waals surface area contributed by atoms with Crippen LogP contribution in [-0.4, -0.2) is 20.2 Å². The number of nitrogens with one attached hydrogen (secondary N) is 2. The summed E-state index contributed by atoms with van der Waals surface area (Å²) in [5.41, 5.74) is 5.32. The summed E-state index contributed by atoms with van der Waals surface area (Å²) in [5, 5.41) is 28.8. The van der Waals surface area contributed by atoms with Crippen LogP contribution in [0.5, 0.6) is 11.5 Å². The van der Waals surface area contributed by atoms with E-state index in [2.05, 4.69) is 38.8 Å². The smallest absolute Gasteiger partial charge is 0.141 e. The second-order valence-electron chi connectivity index (χ2n) is 7.59. The van der Waals surface area contributed by atoms with Crippen molar-refractivity contribution in [2.45, 2.75) is 20.5 Å². The third-order valence-corrected chi connectivity index (χ3v) is 5.45. The first-order valence-electron chi connectivity index (χ1n) is 10.4. The molecule has 3 aromatic carbocycles. The summed E-state index contributed by atoms with van der Waals surface area (Å²) in [4.78, 5) is 8.54. The number of rotatable bonds is 6. The Morgan fingerprint density at radius 3 is 1.58 bits per heavy atom. The second kappa shape index (κ2) is 9.44. The summed E-state index contributed by atoms with van der Waals surface area (Å²) in [5.74, 6) is 0.354. The predicted molar refractivity (Wildman–Crippen MR) is 135 cm³/mol. The Labute approximate surface area is 192 Å². The number of anilines is 2. The first-order chi connectivity index (χ1) is 15.7. The fourth-order valence-corrected chi connectivity index (χ4v) is 3.87. The maximum atomic E-state index is 10.0. The van der Waals surface area contributed by atoms with Gasteiger partial charge in [0.1, 0.15) is 22.5 Å². The van der Waals surface area contributed by atoms with E-state index in [1.807, 2.05) is 42.5 Å². The van der Waals surface area contributed by atoms with Crippen LogP contribution in [0, 0.1) is 0 Å². The molecule has 0 saturated carbocycles. The fraction of sp³-hybridized carbons (Fsp3) is 0.111. The van der Waals surface area contributed by atoms with Gasteiger partial charge in [-0.2, -0.15) is 0 Å². The molecule has 0 aliphatic rings. The van der Waals surface area contributed by atoms with Crippen LogP contribution in [0.4, 0.5) is 11.4 Å². The zero-order valence-electron chi connectivity index (χ0n) is 17.3. The van der Waals surface area contributed by atoms with Crippen molar-refractivity contribution in [3.8, 4) is 11.5 Å². The summed E-state index contributed by atoms with van der Waals surface area (Å²) in [6.45, 7) is 1.29. The van der Waals surface area contributed by atoms with E-state index >= 15 is 0 Å². The lowest BCUT2D eigenvalue weighted by Gasteiger charge is -2.13. The van der Waals surface area contributed by atoms with Gasteiger partial charge in [-0.3, -0.25) is 9.97 Å². The van der Waals surface area contributed by atoms with Crippen LogP contribution in [0.1, 0.15) is 18.6 Å². The zero-order valence-corrected chi connectivity index (χ0v) is 17.3. The lowest BCUT2D eigenvalue weighted by molar-refractivity contribution is 0.480. The molecule has 33 heavy (non-hydrogen) atoms. The lowest BCUT2D eigenvalue weighted by Crippen LogP contribution is -2.03. The monoisotopic (exact) mass is 438 g/mol. The molecular formula is C27H26N4O2. The first kappa shape index (κ1) is 21.9. The molecule has 0 spiro atoms. The number of fused-ring (bicyclic) bond motifs is 2. The van der Waals surface area contributed by atoms with Crippen LogP contribution in [-0.2, 0) is 13.1 Å². The number of nitrogens with zero attached hydrogens (tertiary/aromatic N) is 2. The lowest BCUT2D eigenvalue weighted by atomic mass is 10.1. The van der Waals surface area contributed by atoms with Crippen LogP contribution in [0.25, 0.3) is 21.8 Å². The van der Waals surface area contributed by atoms with Crippen molar-refractivity contribution in [2.75, 3.05) is 10.6 Å². The molecule has 0 amide bonds. The van der Waals surface area contributed by atoms with E-state index < -0.39 is 0 Å². The van der Waals surface area contributed by atoms with Crippen molar-refractivity contribution in [1.29, 1.82) is 0 Å². The minimum absolute atomic E-state index is 0. The highest BCUT2D eigenvalue weighted by molar-refractivity contribution is 5.95. The van der Waals surface area contributed by atoms with Gasteiger partial charge in [0.2, 0.25) is 0 Å². The van der Waals surface area contributed by atoms with Gasteiger partial charge in [0.05, 0.1) is 0 Å². The molecule has 2 heterocycles. The van der Waals surface area contributed by atoms with Crippen molar-refractivity contribution < 1.29 is 10.2 Å². The van der Waals surface area contributed by atoms with Gasteiger partial charge in [-0.05, 0) is 59.7 Å². The molecule has 5 rings (SSSR count). The number of phenolic OH excluding ortho intramolecular Hbond substituents is 2. The summed E-state index contributed by atoms with van der Waals surface area (Å²) in [6.07, 6.45) is 3.35. The molecule has 6 heteroatoms. The Balaban J connectivity index is 0.00000259. The van der Waals surface area contributed by atoms with Crippen LogP contribution in [0.15, 0.2) is 85.2 Å². The van der Waals surface area contributed by atoms with E-state index in [1.165, 1.54) is 0 Å². The molecule has 0 saturated heterocycles. The van der Waals surface area contributed by atoms with Gasteiger partial charge in [-0.25, -0.2) is 0 Å². The number of aromatic hydroxyl groups is 2. The molecular weight excluding hydrogens is 412 g/mol.